The predicted octanol–water partition coefficient (Wildman–Crippen LogP) is -0.865. The molecule has 0 aromatic carbocycles. The van der Waals surface area contributed by atoms with E-state index in [2.05, 4.69) is 0 Å². The van der Waals surface area contributed by atoms with E-state index in [1.165, 1.54) is 0 Å². The molecule has 0 heterocycles. The summed E-state index contributed by atoms with van der Waals surface area (Å²) in [4.78, 5) is 22.7. The van der Waals surface area contributed by atoms with Crippen molar-refractivity contribution in [3.8, 4) is 0 Å². The second-order valence-corrected chi connectivity index (χ2v) is 2.65. The third-order valence-electron chi connectivity index (χ3n) is 1.75. The van der Waals surface area contributed by atoms with Gasteiger partial charge in [0.1, 0.15) is 6.29 Å². The van der Waals surface area contributed by atoms with Crippen molar-refractivity contribution in [1.29, 1.82) is 0 Å². The lowest BCUT2D eigenvalue weighted by molar-refractivity contribution is -0.132. The molecule has 0 aromatic rings. The lowest BCUT2D eigenvalue weighted by Gasteiger charge is -2.17. The van der Waals surface area contributed by atoms with E-state index in [4.69, 9.17) is 5.73 Å². The molecular formula is C7H12N2O2. The predicted molar refractivity (Wildman–Crippen MR) is 39.9 cm³/mol. The first-order valence-corrected chi connectivity index (χ1v) is 3.72. The standard InChI is InChI=1S/C7H12N2O2/c8-5-7(11)9(3-4-10)6-1-2-6/h4,6H,1-3,5,8H2. The number of hydrogen-bond acceptors (Lipinski definition) is 3. The van der Waals surface area contributed by atoms with Gasteiger partial charge in [0.15, 0.2) is 0 Å². The van der Waals surface area contributed by atoms with Crippen LogP contribution in [-0.4, -0.2) is 36.2 Å². The Balaban J connectivity index is 2.43. The lowest BCUT2D eigenvalue weighted by atomic mass is 10.4. The molecule has 62 valence electrons. The van der Waals surface area contributed by atoms with Crippen LogP contribution >= 0.6 is 0 Å². The summed E-state index contributed by atoms with van der Waals surface area (Å²) in [5.74, 6) is -0.125. The van der Waals surface area contributed by atoms with Crippen LogP contribution in [-0.2, 0) is 9.59 Å². The average molecular weight is 156 g/mol. The first kappa shape index (κ1) is 8.20. The van der Waals surface area contributed by atoms with Crippen LogP contribution in [0, 0.1) is 0 Å². The van der Waals surface area contributed by atoms with Crippen LogP contribution < -0.4 is 5.73 Å². The molecular weight excluding hydrogens is 144 g/mol. The summed E-state index contributed by atoms with van der Waals surface area (Å²) in [6, 6.07) is 0.288. The molecule has 0 saturated heterocycles. The zero-order chi connectivity index (χ0) is 8.27. The van der Waals surface area contributed by atoms with E-state index in [0.29, 0.717) is 0 Å². The highest BCUT2D eigenvalue weighted by atomic mass is 16.2. The Morgan fingerprint density at radius 3 is 2.64 bits per heavy atom. The Hall–Kier alpha value is -0.900. The van der Waals surface area contributed by atoms with E-state index in [1.54, 1.807) is 4.90 Å². The molecule has 0 aliphatic heterocycles. The average Bonchev–Trinajstić information content (AvgIpc) is 2.81. The quantitative estimate of drug-likeness (QED) is 0.538. The SMILES string of the molecule is NCC(=O)N(CC=O)C1CC1. The molecule has 4 heteroatoms. The summed E-state index contributed by atoms with van der Waals surface area (Å²) in [6.45, 7) is 0.199. The molecule has 1 saturated carbocycles. The fourth-order valence-corrected chi connectivity index (χ4v) is 1.04. The molecule has 1 fully saturated rings. The van der Waals surface area contributed by atoms with Crippen molar-refractivity contribution in [2.24, 2.45) is 5.73 Å². The first-order chi connectivity index (χ1) is 5.29. The van der Waals surface area contributed by atoms with Crippen LogP contribution in [0.15, 0.2) is 0 Å². The maximum atomic E-state index is 11.0. The minimum absolute atomic E-state index is 0.00431. The van der Waals surface area contributed by atoms with Gasteiger partial charge in [-0.2, -0.15) is 0 Å². The van der Waals surface area contributed by atoms with Crippen molar-refractivity contribution in [2.45, 2.75) is 18.9 Å². The van der Waals surface area contributed by atoms with E-state index in [1.807, 2.05) is 0 Å². The minimum atomic E-state index is -0.125. The van der Waals surface area contributed by atoms with E-state index in [-0.39, 0.29) is 25.0 Å². The van der Waals surface area contributed by atoms with Crippen molar-refractivity contribution in [3.05, 3.63) is 0 Å². The molecule has 0 aromatic heterocycles. The highest BCUT2D eigenvalue weighted by molar-refractivity contribution is 5.80. The third kappa shape index (κ3) is 2.01. The van der Waals surface area contributed by atoms with Gasteiger partial charge in [-0.15, -0.1) is 0 Å². The van der Waals surface area contributed by atoms with Crippen molar-refractivity contribution in [3.63, 3.8) is 0 Å². The van der Waals surface area contributed by atoms with E-state index < -0.39 is 0 Å². The van der Waals surface area contributed by atoms with Gasteiger partial charge in [-0.05, 0) is 12.8 Å². The summed E-state index contributed by atoms with van der Waals surface area (Å²) < 4.78 is 0. The van der Waals surface area contributed by atoms with Crippen molar-refractivity contribution in [2.75, 3.05) is 13.1 Å². The largest absolute Gasteiger partial charge is 0.332 e. The van der Waals surface area contributed by atoms with Gasteiger partial charge in [0.2, 0.25) is 5.91 Å². The van der Waals surface area contributed by atoms with Gasteiger partial charge in [0.05, 0.1) is 13.1 Å². The second-order valence-electron chi connectivity index (χ2n) is 2.65. The molecule has 2 N–H and O–H groups in total. The lowest BCUT2D eigenvalue weighted by Crippen LogP contribution is -2.38. The molecule has 1 aliphatic carbocycles. The topological polar surface area (TPSA) is 63.4 Å². The monoisotopic (exact) mass is 156 g/mol. The molecule has 0 spiro atoms. The number of hydrogen-bond donors (Lipinski definition) is 1. The Kier molecular flexibility index (Phi) is 2.59. The van der Waals surface area contributed by atoms with Gasteiger partial charge in [-0.25, -0.2) is 0 Å². The van der Waals surface area contributed by atoms with Crippen LogP contribution in [0.2, 0.25) is 0 Å². The summed E-state index contributed by atoms with van der Waals surface area (Å²) in [6.07, 6.45) is 2.77. The van der Waals surface area contributed by atoms with Crippen LogP contribution in [0.4, 0.5) is 0 Å². The van der Waals surface area contributed by atoms with Gasteiger partial charge in [-0.3, -0.25) is 4.79 Å². The molecule has 1 rings (SSSR count). The number of rotatable bonds is 4. The highest BCUT2D eigenvalue weighted by Crippen LogP contribution is 2.25. The van der Waals surface area contributed by atoms with Crippen molar-refractivity contribution >= 4 is 12.2 Å². The number of carbonyl (C=O) groups excluding carboxylic acids is 2. The fourth-order valence-electron chi connectivity index (χ4n) is 1.04. The Labute approximate surface area is 65.3 Å². The van der Waals surface area contributed by atoms with Crippen molar-refractivity contribution in [1.82, 2.24) is 4.90 Å². The summed E-state index contributed by atoms with van der Waals surface area (Å²) in [5.41, 5.74) is 5.16. The summed E-state index contributed by atoms with van der Waals surface area (Å²) in [7, 11) is 0. The van der Waals surface area contributed by atoms with Gasteiger partial charge in [0, 0.05) is 6.04 Å². The van der Waals surface area contributed by atoms with Gasteiger partial charge in [-0.1, -0.05) is 0 Å². The van der Waals surface area contributed by atoms with Crippen molar-refractivity contribution < 1.29 is 9.59 Å². The van der Waals surface area contributed by atoms with Gasteiger partial charge >= 0.3 is 0 Å². The minimum Gasteiger partial charge on any atom is -0.332 e. The zero-order valence-corrected chi connectivity index (χ0v) is 6.32. The van der Waals surface area contributed by atoms with Crippen LogP contribution in [0.25, 0.3) is 0 Å². The van der Waals surface area contributed by atoms with Crippen LogP contribution in [0.3, 0.4) is 0 Å². The second kappa shape index (κ2) is 3.48. The highest BCUT2D eigenvalue weighted by Gasteiger charge is 2.31. The summed E-state index contributed by atoms with van der Waals surface area (Å²) in [5, 5.41) is 0. The molecule has 1 aliphatic rings. The number of nitrogens with zero attached hydrogens (tertiary/aromatic N) is 1. The van der Waals surface area contributed by atoms with Gasteiger partial charge < -0.3 is 15.4 Å². The molecule has 0 atom stereocenters. The molecule has 11 heavy (non-hydrogen) atoms. The Bertz CT molecular complexity index is 166. The fraction of sp³-hybridized carbons (Fsp3) is 0.714. The molecule has 0 bridgehead atoms. The summed E-state index contributed by atoms with van der Waals surface area (Å²) >= 11 is 0. The number of aldehydes is 1. The molecule has 0 unspecified atom stereocenters. The number of carbonyl (C=O) groups is 2. The Morgan fingerprint density at radius 1 is 1.64 bits per heavy atom. The van der Waals surface area contributed by atoms with Gasteiger partial charge in [0.25, 0.3) is 0 Å². The molecule has 1 amide bonds. The van der Waals surface area contributed by atoms with E-state index in [9.17, 15) is 9.59 Å². The number of nitrogens with two attached hydrogens (primary N) is 1. The maximum Gasteiger partial charge on any atom is 0.236 e. The van der Waals surface area contributed by atoms with Crippen LogP contribution in [0.5, 0.6) is 0 Å². The molecule has 4 nitrogen and oxygen atoms in total. The third-order valence-corrected chi connectivity index (χ3v) is 1.75. The van der Waals surface area contributed by atoms with E-state index in [0.717, 1.165) is 19.1 Å². The van der Waals surface area contributed by atoms with Crippen LogP contribution in [0.1, 0.15) is 12.8 Å². The number of amides is 1. The molecule has 0 radical (unpaired) electrons. The van der Waals surface area contributed by atoms with E-state index >= 15 is 0 Å². The zero-order valence-electron chi connectivity index (χ0n) is 6.32. The normalized spacial score (nSPS) is 16.1. The smallest absolute Gasteiger partial charge is 0.236 e. The first-order valence-electron chi connectivity index (χ1n) is 3.72. The maximum absolute atomic E-state index is 11.0. The Morgan fingerprint density at radius 2 is 2.27 bits per heavy atom.